The second kappa shape index (κ2) is 6.82. The highest BCUT2D eigenvalue weighted by Gasteiger charge is 2.14. The molecular formula is C19H17FN2O2S. The quantitative estimate of drug-likeness (QED) is 0.682. The average Bonchev–Trinajstić information content (AvgIpc) is 3.24. The number of hydrogen-bond acceptors (Lipinski definition) is 5. The zero-order chi connectivity index (χ0) is 17.2. The van der Waals surface area contributed by atoms with Gasteiger partial charge in [0.05, 0.1) is 5.69 Å². The van der Waals surface area contributed by atoms with Crippen molar-refractivity contribution >= 4 is 11.3 Å². The minimum atomic E-state index is -0.232. The van der Waals surface area contributed by atoms with Crippen molar-refractivity contribution in [3.05, 3.63) is 64.9 Å². The Bertz CT molecular complexity index is 879. The summed E-state index contributed by atoms with van der Waals surface area (Å²) >= 11 is 1.58. The molecule has 0 bridgehead atoms. The van der Waals surface area contributed by atoms with Gasteiger partial charge in [0.25, 0.3) is 0 Å². The van der Waals surface area contributed by atoms with Crippen LogP contribution in [-0.4, -0.2) is 23.7 Å². The fourth-order valence-corrected chi connectivity index (χ4v) is 3.61. The first-order valence-corrected chi connectivity index (χ1v) is 8.83. The molecule has 4 rings (SSSR count). The first-order valence-electron chi connectivity index (χ1n) is 7.95. The summed E-state index contributed by atoms with van der Waals surface area (Å²) in [4.78, 5) is 6.85. The molecule has 2 heterocycles. The Morgan fingerprint density at radius 1 is 1.08 bits per heavy atom. The van der Waals surface area contributed by atoms with Crippen LogP contribution in [0.4, 0.5) is 4.39 Å². The lowest BCUT2D eigenvalue weighted by atomic mass is 10.2. The molecule has 0 aliphatic carbocycles. The molecule has 0 radical (unpaired) electrons. The van der Waals surface area contributed by atoms with Crippen LogP contribution in [0, 0.1) is 5.82 Å². The van der Waals surface area contributed by atoms with E-state index >= 15 is 0 Å². The van der Waals surface area contributed by atoms with Crippen molar-refractivity contribution in [3.8, 4) is 22.1 Å². The summed E-state index contributed by atoms with van der Waals surface area (Å²) < 4.78 is 23.8. The predicted octanol–water partition coefficient (Wildman–Crippen LogP) is 4.31. The van der Waals surface area contributed by atoms with Crippen LogP contribution in [-0.2, 0) is 13.1 Å². The van der Waals surface area contributed by atoms with Crippen molar-refractivity contribution in [3.63, 3.8) is 0 Å². The van der Waals surface area contributed by atoms with Gasteiger partial charge in [0.2, 0.25) is 6.79 Å². The maximum Gasteiger partial charge on any atom is 0.231 e. The van der Waals surface area contributed by atoms with Gasteiger partial charge in [0.15, 0.2) is 11.5 Å². The molecule has 1 aliphatic rings. The van der Waals surface area contributed by atoms with Crippen molar-refractivity contribution in [1.29, 1.82) is 0 Å². The Kier molecular flexibility index (Phi) is 4.38. The summed E-state index contributed by atoms with van der Waals surface area (Å²) in [5.41, 5.74) is 3.12. The van der Waals surface area contributed by atoms with Crippen LogP contribution >= 0.6 is 11.3 Å². The lowest BCUT2D eigenvalue weighted by molar-refractivity contribution is 0.174. The van der Waals surface area contributed by atoms with Crippen LogP contribution in [0.2, 0.25) is 0 Å². The van der Waals surface area contributed by atoms with E-state index in [-0.39, 0.29) is 5.82 Å². The molecule has 1 aliphatic heterocycles. The number of fused-ring (bicyclic) bond motifs is 1. The van der Waals surface area contributed by atoms with Gasteiger partial charge < -0.3 is 9.47 Å². The molecule has 0 amide bonds. The number of nitrogens with zero attached hydrogens (tertiary/aromatic N) is 2. The van der Waals surface area contributed by atoms with E-state index < -0.39 is 0 Å². The van der Waals surface area contributed by atoms with E-state index in [1.807, 2.05) is 12.1 Å². The number of hydrogen-bond donors (Lipinski definition) is 0. The number of aromatic nitrogens is 1. The van der Waals surface area contributed by atoms with E-state index in [1.165, 1.54) is 17.7 Å². The van der Waals surface area contributed by atoms with Gasteiger partial charge in [-0.1, -0.05) is 6.07 Å². The van der Waals surface area contributed by atoms with Crippen molar-refractivity contribution in [2.75, 3.05) is 13.8 Å². The van der Waals surface area contributed by atoms with Crippen molar-refractivity contribution in [1.82, 2.24) is 9.88 Å². The summed E-state index contributed by atoms with van der Waals surface area (Å²) in [7, 11) is 2.06. The van der Waals surface area contributed by atoms with Gasteiger partial charge in [0, 0.05) is 24.0 Å². The van der Waals surface area contributed by atoms with Crippen LogP contribution in [0.25, 0.3) is 10.6 Å². The number of halogens is 1. The highest BCUT2D eigenvalue weighted by Crippen LogP contribution is 2.33. The van der Waals surface area contributed by atoms with E-state index in [0.29, 0.717) is 6.79 Å². The highest BCUT2D eigenvalue weighted by atomic mass is 32.1. The molecule has 3 aromatic rings. The second-order valence-electron chi connectivity index (χ2n) is 6.01. The smallest absolute Gasteiger partial charge is 0.231 e. The highest BCUT2D eigenvalue weighted by molar-refractivity contribution is 7.13. The van der Waals surface area contributed by atoms with Gasteiger partial charge in [-0.3, -0.25) is 4.90 Å². The maximum atomic E-state index is 13.0. The molecular weight excluding hydrogens is 339 g/mol. The van der Waals surface area contributed by atoms with Gasteiger partial charge in [0.1, 0.15) is 10.8 Å². The molecule has 25 heavy (non-hydrogen) atoms. The SMILES string of the molecule is CN(Cc1ccc2c(c1)OCO2)Cc1csc(-c2ccc(F)cc2)n1. The summed E-state index contributed by atoms with van der Waals surface area (Å²) in [6, 6.07) is 12.5. The van der Waals surface area contributed by atoms with Gasteiger partial charge in [-0.2, -0.15) is 0 Å². The number of benzene rings is 2. The largest absolute Gasteiger partial charge is 0.454 e. The average molecular weight is 356 g/mol. The molecule has 0 unspecified atom stereocenters. The Morgan fingerprint density at radius 3 is 2.72 bits per heavy atom. The van der Waals surface area contributed by atoms with Crippen molar-refractivity contribution in [2.24, 2.45) is 0 Å². The van der Waals surface area contributed by atoms with Gasteiger partial charge in [-0.25, -0.2) is 9.37 Å². The molecule has 0 saturated heterocycles. The third-order valence-corrected chi connectivity index (χ3v) is 4.90. The first kappa shape index (κ1) is 16.1. The number of ether oxygens (including phenoxy) is 2. The van der Waals surface area contributed by atoms with Crippen LogP contribution in [0.1, 0.15) is 11.3 Å². The van der Waals surface area contributed by atoms with E-state index in [4.69, 9.17) is 9.47 Å². The van der Waals surface area contributed by atoms with Crippen LogP contribution in [0.15, 0.2) is 47.8 Å². The molecule has 0 N–H and O–H groups in total. The third kappa shape index (κ3) is 3.65. The molecule has 2 aromatic carbocycles. The van der Waals surface area contributed by atoms with Gasteiger partial charge >= 0.3 is 0 Å². The molecule has 0 spiro atoms. The number of thiazole rings is 1. The lowest BCUT2D eigenvalue weighted by Gasteiger charge is -2.15. The van der Waals surface area contributed by atoms with Crippen LogP contribution < -0.4 is 9.47 Å². The maximum absolute atomic E-state index is 13.0. The van der Waals surface area contributed by atoms with Crippen molar-refractivity contribution < 1.29 is 13.9 Å². The third-order valence-electron chi connectivity index (χ3n) is 3.96. The lowest BCUT2D eigenvalue weighted by Crippen LogP contribution is -2.17. The van der Waals surface area contributed by atoms with Crippen LogP contribution in [0.5, 0.6) is 11.5 Å². The summed E-state index contributed by atoms with van der Waals surface area (Å²) in [5.74, 6) is 1.37. The molecule has 128 valence electrons. The molecule has 0 saturated carbocycles. The number of rotatable bonds is 5. The molecule has 4 nitrogen and oxygen atoms in total. The minimum Gasteiger partial charge on any atom is -0.454 e. The van der Waals surface area contributed by atoms with E-state index in [1.54, 1.807) is 23.5 Å². The van der Waals surface area contributed by atoms with E-state index in [2.05, 4.69) is 28.4 Å². The summed E-state index contributed by atoms with van der Waals surface area (Å²) in [6.45, 7) is 1.83. The Morgan fingerprint density at radius 2 is 1.88 bits per heavy atom. The fourth-order valence-electron chi connectivity index (χ4n) is 2.79. The molecule has 1 aromatic heterocycles. The molecule has 0 atom stereocenters. The Balaban J connectivity index is 1.41. The normalized spacial score (nSPS) is 12.8. The molecule has 0 fully saturated rings. The zero-order valence-corrected chi connectivity index (χ0v) is 14.6. The van der Waals surface area contributed by atoms with Gasteiger partial charge in [-0.05, 0) is 49.0 Å². The minimum absolute atomic E-state index is 0.232. The molecule has 6 heteroatoms. The summed E-state index contributed by atoms with van der Waals surface area (Å²) in [6.07, 6.45) is 0. The Hall–Kier alpha value is -2.44. The first-order chi connectivity index (χ1) is 12.2. The van der Waals surface area contributed by atoms with Gasteiger partial charge in [-0.15, -0.1) is 11.3 Å². The standard InChI is InChI=1S/C19H17FN2O2S/c1-22(9-13-2-7-17-18(8-13)24-12-23-17)10-16-11-25-19(21-16)14-3-5-15(20)6-4-14/h2-8,11H,9-10,12H2,1H3. The zero-order valence-electron chi connectivity index (χ0n) is 13.7. The van der Waals surface area contributed by atoms with E-state index in [0.717, 1.165) is 40.9 Å². The van der Waals surface area contributed by atoms with E-state index in [9.17, 15) is 4.39 Å². The Labute approximate surface area is 149 Å². The monoisotopic (exact) mass is 356 g/mol. The summed E-state index contributed by atoms with van der Waals surface area (Å²) in [5, 5.41) is 2.96. The fraction of sp³-hybridized carbons (Fsp3) is 0.211. The van der Waals surface area contributed by atoms with Crippen molar-refractivity contribution in [2.45, 2.75) is 13.1 Å². The van der Waals surface area contributed by atoms with Crippen LogP contribution in [0.3, 0.4) is 0 Å². The predicted molar refractivity (Wildman–Crippen MR) is 95.2 cm³/mol. The second-order valence-corrected chi connectivity index (χ2v) is 6.87. The topological polar surface area (TPSA) is 34.6 Å².